The molecule has 1 aliphatic rings. The summed E-state index contributed by atoms with van der Waals surface area (Å²) in [5.74, 6) is 0.127. The van der Waals surface area contributed by atoms with Gasteiger partial charge in [-0.25, -0.2) is 13.4 Å². The summed E-state index contributed by atoms with van der Waals surface area (Å²) in [6.45, 7) is 3.66. The summed E-state index contributed by atoms with van der Waals surface area (Å²) in [4.78, 5) is 21.2. The molecule has 3 rings (SSSR count). The van der Waals surface area contributed by atoms with E-state index in [9.17, 15) is 13.2 Å². The number of pyridine rings is 1. The van der Waals surface area contributed by atoms with E-state index < -0.39 is 10.0 Å². The molecule has 7 nitrogen and oxygen atoms in total. The van der Waals surface area contributed by atoms with Gasteiger partial charge in [-0.05, 0) is 18.6 Å². The Morgan fingerprint density at radius 1 is 1.24 bits per heavy atom. The monoisotopic (exact) mass is 364 g/mol. The molecule has 136 valence electrons. The first-order chi connectivity index (χ1) is 12.0. The molecule has 0 aliphatic carbocycles. The van der Waals surface area contributed by atoms with Crippen molar-refractivity contribution in [3.8, 4) is 0 Å². The lowest BCUT2D eigenvalue weighted by molar-refractivity contribution is -0.132. The number of amides is 1. The SMILES string of the molecule is CCCCCC(=O)N1CCN(S(=O)(=O)c2c[nH]c3ncccc23)CC1. The fraction of sp³-hybridized carbons (Fsp3) is 0.529. The van der Waals surface area contributed by atoms with Crippen molar-refractivity contribution in [3.63, 3.8) is 0 Å². The molecule has 1 amide bonds. The number of carbonyl (C=O) groups is 1. The molecule has 2 aromatic heterocycles. The Labute approximate surface area is 148 Å². The van der Waals surface area contributed by atoms with Crippen LogP contribution < -0.4 is 0 Å². The number of sulfonamides is 1. The van der Waals surface area contributed by atoms with E-state index >= 15 is 0 Å². The third kappa shape index (κ3) is 3.69. The van der Waals surface area contributed by atoms with Crippen molar-refractivity contribution in [2.75, 3.05) is 26.2 Å². The number of hydrogen-bond donors (Lipinski definition) is 1. The highest BCUT2D eigenvalue weighted by molar-refractivity contribution is 7.89. The summed E-state index contributed by atoms with van der Waals surface area (Å²) in [5.41, 5.74) is 0.561. The first kappa shape index (κ1) is 17.9. The van der Waals surface area contributed by atoms with Crippen molar-refractivity contribution in [1.82, 2.24) is 19.2 Å². The van der Waals surface area contributed by atoms with Gasteiger partial charge in [0, 0.05) is 50.4 Å². The minimum atomic E-state index is -3.59. The van der Waals surface area contributed by atoms with Crippen LogP contribution in [0.5, 0.6) is 0 Å². The first-order valence-corrected chi connectivity index (χ1v) is 10.2. The van der Waals surface area contributed by atoms with Gasteiger partial charge in [-0.2, -0.15) is 4.31 Å². The van der Waals surface area contributed by atoms with Gasteiger partial charge in [0.2, 0.25) is 15.9 Å². The summed E-state index contributed by atoms with van der Waals surface area (Å²) in [5, 5.41) is 0.598. The standard InChI is InChI=1S/C17H24N4O3S/c1-2-3-4-7-16(22)20-9-11-21(12-10-20)25(23,24)15-13-19-17-14(15)6-5-8-18-17/h5-6,8,13H,2-4,7,9-12H2,1H3,(H,18,19). The Morgan fingerprint density at radius 2 is 2.00 bits per heavy atom. The molecule has 0 saturated carbocycles. The van der Waals surface area contributed by atoms with Gasteiger partial charge in [0.15, 0.2) is 0 Å². The third-order valence-electron chi connectivity index (χ3n) is 4.62. The predicted octanol–water partition coefficient (Wildman–Crippen LogP) is 1.98. The molecule has 1 fully saturated rings. The third-order valence-corrected chi connectivity index (χ3v) is 6.56. The molecule has 0 bridgehead atoms. The summed E-state index contributed by atoms with van der Waals surface area (Å²) in [7, 11) is -3.59. The molecule has 1 saturated heterocycles. The highest BCUT2D eigenvalue weighted by Gasteiger charge is 2.31. The molecular formula is C17H24N4O3S. The van der Waals surface area contributed by atoms with Crippen molar-refractivity contribution < 1.29 is 13.2 Å². The Kier molecular flexibility index (Phi) is 5.39. The van der Waals surface area contributed by atoms with Crippen LogP contribution in [0.1, 0.15) is 32.6 Å². The van der Waals surface area contributed by atoms with E-state index in [2.05, 4.69) is 16.9 Å². The zero-order valence-electron chi connectivity index (χ0n) is 14.4. The number of hydrogen-bond acceptors (Lipinski definition) is 4. The lowest BCUT2D eigenvalue weighted by Crippen LogP contribution is -2.50. The number of H-pyrrole nitrogens is 1. The largest absolute Gasteiger partial charge is 0.345 e. The second-order valence-corrected chi connectivity index (χ2v) is 8.20. The van der Waals surface area contributed by atoms with Gasteiger partial charge in [-0.3, -0.25) is 4.79 Å². The van der Waals surface area contributed by atoms with Crippen LogP contribution >= 0.6 is 0 Å². The second kappa shape index (κ2) is 7.53. The topological polar surface area (TPSA) is 86.4 Å². The Morgan fingerprint density at radius 3 is 2.72 bits per heavy atom. The van der Waals surface area contributed by atoms with Gasteiger partial charge in [0.05, 0.1) is 0 Å². The summed E-state index contributed by atoms with van der Waals surface area (Å²) >= 11 is 0. The summed E-state index contributed by atoms with van der Waals surface area (Å²) in [6, 6.07) is 3.47. The average molecular weight is 364 g/mol. The van der Waals surface area contributed by atoms with Gasteiger partial charge < -0.3 is 9.88 Å². The van der Waals surface area contributed by atoms with Crippen LogP contribution in [0, 0.1) is 0 Å². The van der Waals surface area contributed by atoms with Crippen molar-refractivity contribution in [1.29, 1.82) is 0 Å². The Hall–Kier alpha value is -1.93. The molecule has 1 aliphatic heterocycles. The van der Waals surface area contributed by atoms with Crippen molar-refractivity contribution in [2.24, 2.45) is 0 Å². The number of rotatable bonds is 6. The van der Waals surface area contributed by atoms with Gasteiger partial charge in [0.25, 0.3) is 0 Å². The number of carbonyl (C=O) groups excluding carboxylic acids is 1. The van der Waals surface area contributed by atoms with E-state index in [4.69, 9.17) is 0 Å². The van der Waals surface area contributed by atoms with E-state index in [1.807, 2.05) is 0 Å². The fourth-order valence-corrected chi connectivity index (χ4v) is 4.72. The van der Waals surface area contributed by atoms with Crippen LogP contribution in [0.2, 0.25) is 0 Å². The zero-order valence-corrected chi connectivity index (χ0v) is 15.3. The molecule has 8 heteroatoms. The van der Waals surface area contributed by atoms with Crippen molar-refractivity contribution in [2.45, 2.75) is 37.5 Å². The number of aromatic nitrogens is 2. The van der Waals surface area contributed by atoms with E-state index in [0.29, 0.717) is 43.6 Å². The van der Waals surface area contributed by atoms with Crippen LogP contribution in [0.3, 0.4) is 0 Å². The van der Waals surface area contributed by atoms with Crippen molar-refractivity contribution >= 4 is 27.0 Å². The Bertz CT molecular complexity index is 838. The molecular weight excluding hydrogens is 340 g/mol. The number of piperazine rings is 1. The van der Waals surface area contributed by atoms with E-state index in [1.54, 1.807) is 23.2 Å². The number of aromatic amines is 1. The van der Waals surface area contributed by atoms with Gasteiger partial charge in [-0.1, -0.05) is 19.8 Å². The molecule has 1 N–H and O–H groups in total. The highest BCUT2D eigenvalue weighted by atomic mass is 32.2. The smallest absolute Gasteiger partial charge is 0.245 e. The Balaban J connectivity index is 1.67. The molecule has 25 heavy (non-hydrogen) atoms. The molecule has 0 radical (unpaired) electrons. The molecule has 0 atom stereocenters. The van der Waals surface area contributed by atoms with Gasteiger partial charge in [0.1, 0.15) is 10.5 Å². The number of unbranched alkanes of at least 4 members (excludes halogenated alkanes) is 2. The molecule has 2 aromatic rings. The number of nitrogens with zero attached hydrogens (tertiary/aromatic N) is 3. The van der Waals surface area contributed by atoms with E-state index in [-0.39, 0.29) is 10.8 Å². The fourth-order valence-electron chi connectivity index (χ4n) is 3.15. The van der Waals surface area contributed by atoms with Crippen molar-refractivity contribution in [3.05, 3.63) is 24.5 Å². The maximum Gasteiger partial charge on any atom is 0.245 e. The highest BCUT2D eigenvalue weighted by Crippen LogP contribution is 2.25. The predicted molar refractivity (Wildman–Crippen MR) is 95.6 cm³/mol. The first-order valence-electron chi connectivity index (χ1n) is 8.74. The lowest BCUT2D eigenvalue weighted by Gasteiger charge is -2.34. The maximum absolute atomic E-state index is 12.9. The van der Waals surface area contributed by atoms with Crippen LogP contribution in [0.25, 0.3) is 11.0 Å². The second-order valence-electron chi connectivity index (χ2n) is 6.29. The van der Waals surface area contributed by atoms with Crippen LogP contribution in [0.4, 0.5) is 0 Å². The molecule has 0 unspecified atom stereocenters. The van der Waals surface area contributed by atoms with Gasteiger partial charge >= 0.3 is 0 Å². The minimum absolute atomic E-state index is 0.127. The number of fused-ring (bicyclic) bond motifs is 1. The van der Waals surface area contributed by atoms with Crippen LogP contribution in [0.15, 0.2) is 29.4 Å². The molecule has 0 spiro atoms. The van der Waals surface area contributed by atoms with E-state index in [1.165, 1.54) is 10.5 Å². The lowest BCUT2D eigenvalue weighted by atomic mass is 10.2. The molecule has 3 heterocycles. The van der Waals surface area contributed by atoms with Crippen LogP contribution in [-0.2, 0) is 14.8 Å². The zero-order chi connectivity index (χ0) is 17.9. The average Bonchev–Trinajstić information content (AvgIpc) is 3.07. The van der Waals surface area contributed by atoms with Gasteiger partial charge in [-0.15, -0.1) is 0 Å². The number of nitrogens with one attached hydrogen (secondary N) is 1. The normalized spacial score (nSPS) is 16.4. The van der Waals surface area contributed by atoms with E-state index in [0.717, 1.165) is 19.3 Å². The maximum atomic E-state index is 12.9. The summed E-state index contributed by atoms with van der Waals surface area (Å²) < 4.78 is 27.3. The molecule has 0 aromatic carbocycles. The minimum Gasteiger partial charge on any atom is -0.345 e. The summed E-state index contributed by atoms with van der Waals surface area (Å²) in [6.07, 6.45) is 6.70. The van der Waals surface area contributed by atoms with Crippen LogP contribution in [-0.4, -0.2) is 59.7 Å². The quantitative estimate of drug-likeness (QED) is 0.794.